The molecule has 1 amide bonds. The Morgan fingerprint density at radius 3 is 2.84 bits per heavy atom. The van der Waals surface area contributed by atoms with Crippen LogP contribution in [0.25, 0.3) is 0 Å². The van der Waals surface area contributed by atoms with E-state index in [-0.39, 0.29) is 6.54 Å². The summed E-state index contributed by atoms with van der Waals surface area (Å²) in [6.07, 6.45) is 0.826. The molecular weight excluding hydrogens is 247 g/mol. The molecule has 1 aromatic rings. The van der Waals surface area contributed by atoms with Crippen LogP contribution in [0.1, 0.15) is 31.9 Å². The number of aromatic nitrogens is 1. The van der Waals surface area contributed by atoms with E-state index in [4.69, 9.17) is 4.74 Å². The second-order valence-electron chi connectivity index (χ2n) is 4.93. The summed E-state index contributed by atoms with van der Waals surface area (Å²) < 4.78 is 18.2. The molecule has 5 heteroatoms. The Labute approximate surface area is 112 Å². The van der Waals surface area contributed by atoms with Gasteiger partial charge < -0.3 is 10.1 Å². The van der Waals surface area contributed by atoms with E-state index in [0.29, 0.717) is 11.1 Å². The normalized spacial score (nSPS) is 10.4. The van der Waals surface area contributed by atoms with Crippen LogP contribution in [-0.4, -0.2) is 23.2 Å². The van der Waals surface area contributed by atoms with Gasteiger partial charge in [0.1, 0.15) is 5.60 Å². The molecule has 0 aromatic carbocycles. The number of carbonyl (C=O) groups is 1. The summed E-state index contributed by atoms with van der Waals surface area (Å²) in [6.45, 7) is 7.08. The maximum absolute atomic E-state index is 13.1. The highest BCUT2D eigenvalue weighted by molar-refractivity contribution is 5.68. The quantitative estimate of drug-likeness (QED) is 0.626. The number of nitrogens with zero attached hydrogens (tertiary/aromatic N) is 1. The van der Waals surface area contributed by atoms with E-state index in [0.717, 1.165) is 0 Å². The summed E-state index contributed by atoms with van der Waals surface area (Å²) in [6, 6.07) is 1.62. The van der Waals surface area contributed by atoms with Crippen molar-refractivity contribution in [2.75, 3.05) is 6.54 Å². The fraction of sp³-hybridized carbons (Fsp3) is 0.429. The fourth-order valence-corrected chi connectivity index (χ4v) is 1.22. The number of rotatable bonds is 1. The zero-order chi connectivity index (χ0) is 14.5. The minimum absolute atomic E-state index is 0.137. The summed E-state index contributed by atoms with van der Waals surface area (Å²) in [4.78, 5) is 14.8. The van der Waals surface area contributed by atoms with Crippen molar-refractivity contribution in [2.24, 2.45) is 0 Å². The maximum Gasteiger partial charge on any atom is 0.408 e. The van der Waals surface area contributed by atoms with Crippen LogP contribution < -0.4 is 5.32 Å². The lowest BCUT2D eigenvalue weighted by molar-refractivity contribution is 0.0535. The molecule has 1 N–H and O–H groups in total. The highest BCUT2D eigenvalue weighted by Crippen LogP contribution is 2.07. The number of carbonyl (C=O) groups excluding carboxylic acids is 1. The maximum atomic E-state index is 13.1. The average Bonchev–Trinajstić information content (AvgIpc) is 2.27. The van der Waals surface area contributed by atoms with Crippen LogP contribution in [0.2, 0.25) is 0 Å². The van der Waals surface area contributed by atoms with Gasteiger partial charge in [0.2, 0.25) is 5.95 Å². The zero-order valence-corrected chi connectivity index (χ0v) is 11.5. The molecule has 102 valence electrons. The molecule has 0 spiro atoms. The molecule has 0 aliphatic heterocycles. The molecular formula is C14H17FN2O2. The van der Waals surface area contributed by atoms with E-state index in [1.54, 1.807) is 33.8 Å². The van der Waals surface area contributed by atoms with Gasteiger partial charge >= 0.3 is 6.09 Å². The standard InChI is InChI=1S/C14H17FN2O2/c1-10-11(7-9-16-12(10)15)6-5-8-17-13(18)19-14(2,3)4/h7,9H,8H2,1-4H3,(H,17,18). The number of halogens is 1. The van der Waals surface area contributed by atoms with E-state index in [1.807, 2.05) is 0 Å². The third-order valence-corrected chi connectivity index (χ3v) is 2.09. The Bertz CT molecular complexity index is 524. The number of hydrogen-bond donors (Lipinski definition) is 1. The van der Waals surface area contributed by atoms with Crippen LogP contribution >= 0.6 is 0 Å². The number of nitrogens with one attached hydrogen (secondary N) is 1. The van der Waals surface area contributed by atoms with Crippen molar-refractivity contribution in [2.45, 2.75) is 33.3 Å². The molecule has 0 aliphatic rings. The SMILES string of the molecule is Cc1c(C#CCNC(=O)OC(C)(C)C)ccnc1F. The van der Waals surface area contributed by atoms with Gasteiger partial charge in [0.25, 0.3) is 0 Å². The van der Waals surface area contributed by atoms with Gasteiger partial charge in [-0.25, -0.2) is 9.78 Å². The largest absolute Gasteiger partial charge is 0.444 e. The molecule has 0 saturated heterocycles. The molecule has 0 fully saturated rings. The second-order valence-corrected chi connectivity index (χ2v) is 4.93. The van der Waals surface area contributed by atoms with E-state index in [2.05, 4.69) is 22.1 Å². The molecule has 0 aliphatic carbocycles. The van der Waals surface area contributed by atoms with Crippen molar-refractivity contribution in [3.63, 3.8) is 0 Å². The Kier molecular flexibility index (Phi) is 4.87. The Hall–Kier alpha value is -2.09. The van der Waals surface area contributed by atoms with Crippen molar-refractivity contribution >= 4 is 6.09 Å². The molecule has 0 radical (unpaired) electrons. The van der Waals surface area contributed by atoms with Crippen LogP contribution in [-0.2, 0) is 4.74 Å². The fourth-order valence-electron chi connectivity index (χ4n) is 1.22. The predicted molar refractivity (Wildman–Crippen MR) is 70.0 cm³/mol. The van der Waals surface area contributed by atoms with Gasteiger partial charge in [-0.05, 0) is 33.8 Å². The van der Waals surface area contributed by atoms with Crippen molar-refractivity contribution in [1.82, 2.24) is 10.3 Å². The molecule has 1 heterocycles. The molecule has 0 unspecified atom stereocenters. The monoisotopic (exact) mass is 264 g/mol. The van der Waals surface area contributed by atoms with Crippen molar-refractivity contribution in [3.8, 4) is 11.8 Å². The lowest BCUT2D eigenvalue weighted by atomic mass is 10.1. The Balaban J connectivity index is 2.53. The lowest BCUT2D eigenvalue weighted by Gasteiger charge is -2.19. The Morgan fingerprint density at radius 2 is 2.21 bits per heavy atom. The van der Waals surface area contributed by atoms with Crippen LogP contribution in [0.5, 0.6) is 0 Å². The van der Waals surface area contributed by atoms with Crippen LogP contribution in [0, 0.1) is 24.7 Å². The number of pyridine rings is 1. The molecule has 0 bridgehead atoms. The third-order valence-electron chi connectivity index (χ3n) is 2.09. The van der Waals surface area contributed by atoms with Gasteiger partial charge in [0.15, 0.2) is 0 Å². The van der Waals surface area contributed by atoms with Gasteiger partial charge in [0.05, 0.1) is 6.54 Å². The first-order valence-electron chi connectivity index (χ1n) is 5.86. The highest BCUT2D eigenvalue weighted by Gasteiger charge is 2.14. The number of ether oxygens (including phenoxy) is 1. The summed E-state index contributed by atoms with van der Waals surface area (Å²) in [5, 5.41) is 2.50. The molecule has 0 atom stereocenters. The van der Waals surface area contributed by atoms with Crippen molar-refractivity contribution < 1.29 is 13.9 Å². The van der Waals surface area contributed by atoms with Gasteiger partial charge in [-0.2, -0.15) is 4.39 Å². The molecule has 19 heavy (non-hydrogen) atoms. The predicted octanol–water partition coefficient (Wildman–Crippen LogP) is 2.41. The van der Waals surface area contributed by atoms with E-state index in [9.17, 15) is 9.18 Å². The molecule has 0 saturated carbocycles. The van der Waals surface area contributed by atoms with Gasteiger partial charge in [-0.1, -0.05) is 11.8 Å². The van der Waals surface area contributed by atoms with Gasteiger partial charge in [-0.3, -0.25) is 0 Å². The molecule has 1 aromatic heterocycles. The van der Waals surface area contributed by atoms with Gasteiger partial charge in [0, 0.05) is 17.3 Å². The second kappa shape index (κ2) is 6.19. The third kappa shape index (κ3) is 5.38. The topological polar surface area (TPSA) is 51.2 Å². The summed E-state index contributed by atoms with van der Waals surface area (Å²) >= 11 is 0. The minimum atomic E-state index is -0.539. The number of alkyl carbamates (subject to hydrolysis) is 1. The highest BCUT2D eigenvalue weighted by atomic mass is 19.1. The lowest BCUT2D eigenvalue weighted by Crippen LogP contribution is -2.32. The van der Waals surface area contributed by atoms with E-state index in [1.165, 1.54) is 6.20 Å². The van der Waals surface area contributed by atoms with Crippen molar-refractivity contribution in [3.05, 3.63) is 29.3 Å². The number of hydrogen-bond acceptors (Lipinski definition) is 3. The van der Waals surface area contributed by atoms with E-state index >= 15 is 0 Å². The summed E-state index contributed by atoms with van der Waals surface area (Å²) in [5.41, 5.74) is 0.410. The van der Waals surface area contributed by atoms with Crippen LogP contribution in [0.4, 0.5) is 9.18 Å². The minimum Gasteiger partial charge on any atom is -0.444 e. The summed E-state index contributed by atoms with van der Waals surface area (Å²) in [5.74, 6) is 4.97. The first-order chi connectivity index (χ1) is 8.79. The smallest absolute Gasteiger partial charge is 0.408 e. The first-order valence-corrected chi connectivity index (χ1v) is 5.86. The molecule has 4 nitrogen and oxygen atoms in total. The molecule has 1 rings (SSSR count). The first kappa shape index (κ1) is 15.0. The Morgan fingerprint density at radius 1 is 1.53 bits per heavy atom. The van der Waals surface area contributed by atoms with Crippen LogP contribution in [0.3, 0.4) is 0 Å². The summed E-state index contributed by atoms with van der Waals surface area (Å²) in [7, 11) is 0. The van der Waals surface area contributed by atoms with E-state index < -0.39 is 17.6 Å². The average molecular weight is 264 g/mol. The number of amides is 1. The van der Waals surface area contributed by atoms with Crippen LogP contribution in [0.15, 0.2) is 12.3 Å². The van der Waals surface area contributed by atoms with Crippen molar-refractivity contribution in [1.29, 1.82) is 0 Å². The van der Waals surface area contributed by atoms with Gasteiger partial charge in [-0.15, -0.1) is 0 Å². The zero-order valence-electron chi connectivity index (χ0n) is 11.5.